The summed E-state index contributed by atoms with van der Waals surface area (Å²) >= 11 is 12.1. The fraction of sp³-hybridized carbons (Fsp3) is 0.467. The maximum Gasteiger partial charge on any atom is 0.323 e. The molecule has 3 rings (SSSR count). The van der Waals surface area contributed by atoms with E-state index in [1.54, 1.807) is 23.1 Å². The molecule has 5 nitrogen and oxygen atoms in total. The Bertz CT molecular complexity index is 600. The van der Waals surface area contributed by atoms with Gasteiger partial charge >= 0.3 is 5.97 Å². The van der Waals surface area contributed by atoms with Gasteiger partial charge in [-0.05, 0) is 12.1 Å². The number of halogens is 2. The first-order chi connectivity index (χ1) is 10.6. The van der Waals surface area contributed by atoms with E-state index < -0.39 is 0 Å². The quantitative estimate of drug-likeness (QED) is 0.772. The highest BCUT2D eigenvalue weighted by Gasteiger charge is 2.35. The molecule has 0 N–H and O–H groups in total. The first-order valence-electron chi connectivity index (χ1n) is 7.22. The number of esters is 1. The average Bonchev–Trinajstić information content (AvgIpc) is 2.96. The summed E-state index contributed by atoms with van der Waals surface area (Å²) in [5.41, 5.74) is 0.419. The Morgan fingerprint density at radius 2 is 1.91 bits per heavy atom. The maximum atomic E-state index is 12.5. The second-order valence-corrected chi connectivity index (χ2v) is 6.19. The van der Waals surface area contributed by atoms with Crippen LogP contribution in [0.3, 0.4) is 0 Å². The van der Waals surface area contributed by atoms with Crippen molar-refractivity contribution in [1.82, 2.24) is 9.80 Å². The van der Waals surface area contributed by atoms with Crippen molar-refractivity contribution in [3.63, 3.8) is 0 Å². The van der Waals surface area contributed by atoms with Crippen molar-refractivity contribution in [2.24, 2.45) is 0 Å². The standard InChI is InChI=1S/C15H16Cl2N2O3/c16-11-3-1-2-10(13(11)17)14(20)19-7-5-18(6-8-19)12-4-9-22-15(12)21/h1-3,12H,4-9H2. The molecular weight excluding hydrogens is 327 g/mol. The molecule has 1 aromatic rings. The number of benzene rings is 1. The molecule has 0 aromatic heterocycles. The van der Waals surface area contributed by atoms with Gasteiger partial charge in [0.15, 0.2) is 0 Å². The number of carbonyl (C=O) groups is 2. The third-order valence-electron chi connectivity index (χ3n) is 4.13. The first kappa shape index (κ1) is 15.6. The number of piperazine rings is 1. The molecule has 2 saturated heterocycles. The van der Waals surface area contributed by atoms with Crippen molar-refractivity contribution in [3.8, 4) is 0 Å². The number of cyclic esters (lactones) is 1. The second-order valence-electron chi connectivity index (χ2n) is 5.40. The summed E-state index contributed by atoms with van der Waals surface area (Å²) < 4.78 is 5.00. The van der Waals surface area contributed by atoms with E-state index in [4.69, 9.17) is 27.9 Å². The fourth-order valence-corrected chi connectivity index (χ4v) is 3.27. The highest BCUT2D eigenvalue weighted by molar-refractivity contribution is 6.43. The Morgan fingerprint density at radius 1 is 1.18 bits per heavy atom. The third kappa shape index (κ3) is 2.93. The van der Waals surface area contributed by atoms with Crippen LogP contribution in [0.1, 0.15) is 16.8 Å². The average molecular weight is 343 g/mol. The zero-order chi connectivity index (χ0) is 15.7. The lowest BCUT2D eigenvalue weighted by atomic mass is 10.1. The van der Waals surface area contributed by atoms with Crippen molar-refractivity contribution >= 4 is 35.1 Å². The maximum absolute atomic E-state index is 12.5. The van der Waals surface area contributed by atoms with Crippen LogP contribution < -0.4 is 0 Å². The van der Waals surface area contributed by atoms with Crippen molar-refractivity contribution in [2.75, 3.05) is 32.8 Å². The summed E-state index contributed by atoms with van der Waals surface area (Å²) in [6, 6.07) is 4.89. The molecule has 118 valence electrons. The zero-order valence-corrected chi connectivity index (χ0v) is 13.4. The monoisotopic (exact) mass is 342 g/mol. The van der Waals surface area contributed by atoms with Crippen LogP contribution in [0.4, 0.5) is 0 Å². The molecule has 1 amide bonds. The number of hydrogen-bond acceptors (Lipinski definition) is 4. The zero-order valence-electron chi connectivity index (χ0n) is 11.9. The van der Waals surface area contributed by atoms with Crippen LogP contribution in [0.5, 0.6) is 0 Å². The Labute approximate surface area is 138 Å². The molecule has 2 aliphatic rings. The smallest absolute Gasteiger partial charge is 0.323 e. The SMILES string of the molecule is O=C1OCCC1N1CCN(C(=O)c2cccc(Cl)c2Cl)CC1. The van der Waals surface area contributed by atoms with Crippen molar-refractivity contribution in [2.45, 2.75) is 12.5 Å². The number of rotatable bonds is 2. The molecule has 0 aliphatic carbocycles. The van der Waals surface area contributed by atoms with Crippen molar-refractivity contribution < 1.29 is 14.3 Å². The van der Waals surface area contributed by atoms with Gasteiger partial charge in [-0.15, -0.1) is 0 Å². The molecule has 0 saturated carbocycles. The summed E-state index contributed by atoms with van der Waals surface area (Å²) in [6.07, 6.45) is 0.729. The van der Waals surface area contributed by atoms with Gasteiger partial charge in [0.2, 0.25) is 0 Å². The minimum Gasteiger partial charge on any atom is -0.464 e. The highest BCUT2D eigenvalue weighted by Crippen LogP contribution is 2.27. The summed E-state index contributed by atoms with van der Waals surface area (Å²) in [5, 5.41) is 0.663. The van der Waals surface area contributed by atoms with Gasteiger partial charge in [-0.1, -0.05) is 29.3 Å². The molecule has 0 radical (unpaired) electrons. The van der Waals surface area contributed by atoms with Crippen LogP contribution in [0.2, 0.25) is 10.0 Å². The van der Waals surface area contributed by atoms with E-state index >= 15 is 0 Å². The van der Waals surface area contributed by atoms with E-state index in [1.165, 1.54) is 0 Å². The molecule has 0 spiro atoms. The molecule has 22 heavy (non-hydrogen) atoms. The van der Waals surface area contributed by atoms with E-state index in [9.17, 15) is 9.59 Å². The molecule has 1 atom stereocenters. The summed E-state index contributed by atoms with van der Waals surface area (Å²) in [4.78, 5) is 28.0. The van der Waals surface area contributed by atoms with Gasteiger partial charge in [-0.25, -0.2) is 0 Å². The largest absolute Gasteiger partial charge is 0.464 e. The Morgan fingerprint density at radius 3 is 2.55 bits per heavy atom. The van der Waals surface area contributed by atoms with Gasteiger partial charge in [-0.3, -0.25) is 14.5 Å². The first-order valence-corrected chi connectivity index (χ1v) is 7.97. The van der Waals surface area contributed by atoms with E-state index in [0.717, 1.165) is 6.42 Å². The predicted molar refractivity (Wildman–Crippen MR) is 83.3 cm³/mol. The van der Waals surface area contributed by atoms with E-state index in [-0.39, 0.29) is 22.9 Å². The van der Waals surface area contributed by atoms with Crippen LogP contribution in [-0.4, -0.2) is 60.5 Å². The van der Waals surface area contributed by atoms with Gasteiger partial charge in [-0.2, -0.15) is 0 Å². The molecule has 1 aromatic carbocycles. The number of carbonyl (C=O) groups excluding carboxylic acids is 2. The lowest BCUT2D eigenvalue weighted by Crippen LogP contribution is -2.53. The van der Waals surface area contributed by atoms with Crippen LogP contribution >= 0.6 is 23.2 Å². The minimum atomic E-state index is -0.160. The lowest BCUT2D eigenvalue weighted by molar-refractivity contribution is -0.142. The number of ether oxygens (including phenoxy) is 1. The van der Waals surface area contributed by atoms with E-state index in [0.29, 0.717) is 43.4 Å². The molecule has 7 heteroatoms. The van der Waals surface area contributed by atoms with E-state index in [2.05, 4.69) is 4.90 Å². The van der Waals surface area contributed by atoms with Gasteiger partial charge in [0.1, 0.15) is 6.04 Å². The van der Waals surface area contributed by atoms with Crippen LogP contribution in [0.25, 0.3) is 0 Å². The molecule has 0 bridgehead atoms. The second kappa shape index (κ2) is 6.44. The van der Waals surface area contributed by atoms with Gasteiger partial charge in [0.05, 0.1) is 22.2 Å². The highest BCUT2D eigenvalue weighted by atomic mass is 35.5. The van der Waals surface area contributed by atoms with Crippen molar-refractivity contribution in [1.29, 1.82) is 0 Å². The minimum absolute atomic E-state index is 0.124. The summed E-state index contributed by atoms with van der Waals surface area (Å²) in [6.45, 7) is 2.92. The van der Waals surface area contributed by atoms with Crippen LogP contribution in [0, 0.1) is 0 Å². The molecule has 1 unspecified atom stereocenters. The number of nitrogens with zero attached hydrogens (tertiary/aromatic N) is 2. The molecule has 2 aliphatic heterocycles. The summed E-state index contributed by atoms with van der Waals surface area (Å²) in [5.74, 6) is -0.279. The van der Waals surface area contributed by atoms with Crippen molar-refractivity contribution in [3.05, 3.63) is 33.8 Å². The Balaban J connectivity index is 1.65. The topological polar surface area (TPSA) is 49.9 Å². The molecule has 2 fully saturated rings. The van der Waals surface area contributed by atoms with E-state index in [1.807, 2.05) is 0 Å². The Hall–Kier alpha value is -1.30. The van der Waals surface area contributed by atoms with Gasteiger partial charge in [0.25, 0.3) is 5.91 Å². The van der Waals surface area contributed by atoms with Crippen LogP contribution in [0.15, 0.2) is 18.2 Å². The molecule has 2 heterocycles. The third-order valence-corrected chi connectivity index (χ3v) is 4.95. The van der Waals surface area contributed by atoms with Crippen LogP contribution in [-0.2, 0) is 9.53 Å². The normalized spacial score (nSPS) is 22.7. The Kier molecular flexibility index (Phi) is 4.57. The van der Waals surface area contributed by atoms with Gasteiger partial charge in [0, 0.05) is 32.6 Å². The molecular formula is C15H16Cl2N2O3. The number of hydrogen-bond donors (Lipinski definition) is 0. The number of amides is 1. The van der Waals surface area contributed by atoms with Gasteiger partial charge < -0.3 is 9.64 Å². The summed E-state index contributed by atoms with van der Waals surface area (Å²) in [7, 11) is 0. The predicted octanol–water partition coefficient (Wildman–Crippen LogP) is 2.07. The lowest BCUT2D eigenvalue weighted by Gasteiger charge is -2.36. The fourth-order valence-electron chi connectivity index (χ4n) is 2.89.